The minimum Gasteiger partial charge on any atom is -0.461 e. The number of esters is 2. The highest BCUT2D eigenvalue weighted by atomic mass is 16.5. The zero-order chi connectivity index (χ0) is 13.8. The number of carbonyl (C=O) groups excluding carboxylic acids is 2. The first-order valence-electron chi connectivity index (χ1n) is 5.98. The number of carbonyl (C=O) groups is 2. The molecule has 0 aromatic rings. The highest BCUT2D eigenvalue weighted by Crippen LogP contribution is 1.89. The number of rotatable bonds is 9. The molecule has 0 atom stereocenters. The molecule has 18 heavy (non-hydrogen) atoms. The van der Waals surface area contributed by atoms with Gasteiger partial charge in [-0.25, -0.2) is 9.59 Å². The number of nitrogens with zero attached hydrogens (tertiary/aromatic N) is 1. The summed E-state index contributed by atoms with van der Waals surface area (Å²) in [6.07, 6.45) is 3.56. The summed E-state index contributed by atoms with van der Waals surface area (Å²) in [6.45, 7) is 10.4. The van der Waals surface area contributed by atoms with Crippen molar-refractivity contribution in [3.8, 4) is 0 Å². The third-order valence-corrected chi connectivity index (χ3v) is 2.25. The quantitative estimate of drug-likeness (QED) is 0.351. The van der Waals surface area contributed by atoms with Gasteiger partial charge in [0.05, 0.1) is 0 Å². The number of hydrogen-bond acceptors (Lipinski definition) is 5. The summed E-state index contributed by atoms with van der Waals surface area (Å²) in [5.41, 5.74) is 0. The van der Waals surface area contributed by atoms with Crippen molar-refractivity contribution in [3.63, 3.8) is 0 Å². The maximum Gasteiger partial charge on any atom is 0.331 e. The van der Waals surface area contributed by atoms with Crippen molar-refractivity contribution in [1.82, 2.24) is 4.90 Å². The molecule has 0 amide bonds. The van der Waals surface area contributed by atoms with Gasteiger partial charge >= 0.3 is 11.9 Å². The van der Waals surface area contributed by atoms with E-state index in [-0.39, 0.29) is 6.61 Å². The van der Waals surface area contributed by atoms with E-state index in [0.717, 1.165) is 25.2 Å². The van der Waals surface area contributed by atoms with E-state index < -0.39 is 11.9 Å². The third kappa shape index (κ3) is 8.52. The van der Waals surface area contributed by atoms with Gasteiger partial charge in [-0.2, -0.15) is 0 Å². The molecule has 0 N–H and O–H groups in total. The molecule has 0 aromatic heterocycles. The summed E-state index contributed by atoms with van der Waals surface area (Å²) in [6, 6.07) is 0. The Morgan fingerprint density at radius 2 is 1.67 bits per heavy atom. The Bertz CT molecular complexity index is 295. The molecule has 0 rings (SSSR count). The van der Waals surface area contributed by atoms with Crippen LogP contribution in [-0.2, 0) is 19.1 Å². The maximum atomic E-state index is 11.2. The number of ether oxygens (including phenoxy) is 2. The van der Waals surface area contributed by atoms with Gasteiger partial charge in [0.2, 0.25) is 0 Å². The van der Waals surface area contributed by atoms with Crippen LogP contribution in [0.4, 0.5) is 0 Å². The zero-order valence-corrected chi connectivity index (χ0v) is 11.1. The van der Waals surface area contributed by atoms with Crippen LogP contribution in [0.15, 0.2) is 24.8 Å². The van der Waals surface area contributed by atoms with Gasteiger partial charge in [0.25, 0.3) is 0 Å². The first-order valence-corrected chi connectivity index (χ1v) is 5.98. The average Bonchev–Trinajstić information content (AvgIpc) is 2.39. The molecule has 0 unspecified atom stereocenters. The summed E-state index contributed by atoms with van der Waals surface area (Å²) >= 11 is 0. The highest BCUT2D eigenvalue weighted by Gasteiger charge is 2.02. The van der Waals surface area contributed by atoms with Crippen LogP contribution in [0.1, 0.15) is 13.8 Å². The fourth-order valence-corrected chi connectivity index (χ4v) is 1.19. The predicted molar refractivity (Wildman–Crippen MR) is 69.0 cm³/mol. The topological polar surface area (TPSA) is 55.8 Å². The van der Waals surface area contributed by atoms with Crippen LogP contribution >= 0.6 is 0 Å². The number of likely N-dealkylation sites (N-methyl/N-ethyl adjacent to an activating group) is 1. The SMILES string of the molecule is C=CCOC(=O)/C=C\C(=O)OCCN(CC)CC. The van der Waals surface area contributed by atoms with Gasteiger partial charge in [0, 0.05) is 18.7 Å². The second kappa shape index (κ2) is 10.5. The van der Waals surface area contributed by atoms with Gasteiger partial charge in [0.15, 0.2) is 0 Å². The van der Waals surface area contributed by atoms with Gasteiger partial charge in [-0.3, -0.25) is 0 Å². The molecule has 5 nitrogen and oxygen atoms in total. The summed E-state index contributed by atoms with van der Waals surface area (Å²) in [7, 11) is 0. The lowest BCUT2D eigenvalue weighted by molar-refractivity contribution is -0.140. The normalized spacial score (nSPS) is 10.6. The molecule has 0 bridgehead atoms. The monoisotopic (exact) mass is 255 g/mol. The second-order valence-electron chi connectivity index (χ2n) is 3.45. The lowest BCUT2D eigenvalue weighted by Gasteiger charge is -2.16. The van der Waals surface area contributed by atoms with Crippen molar-refractivity contribution in [1.29, 1.82) is 0 Å². The molecular formula is C13H21NO4. The molecule has 0 aliphatic heterocycles. The minimum atomic E-state index is -0.587. The fourth-order valence-electron chi connectivity index (χ4n) is 1.19. The van der Waals surface area contributed by atoms with Crippen LogP contribution in [0.25, 0.3) is 0 Å². The fraction of sp³-hybridized carbons (Fsp3) is 0.538. The predicted octanol–water partition coefficient (Wildman–Crippen LogP) is 1.16. The Morgan fingerprint density at radius 3 is 2.17 bits per heavy atom. The van der Waals surface area contributed by atoms with Crippen molar-refractivity contribution in [3.05, 3.63) is 24.8 Å². The molecule has 0 saturated carbocycles. The standard InChI is InChI=1S/C13H21NO4/c1-4-10-17-12(15)7-8-13(16)18-11-9-14(5-2)6-3/h4,7-8H,1,5-6,9-11H2,2-3H3/b8-7-. The molecule has 102 valence electrons. The van der Waals surface area contributed by atoms with E-state index in [4.69, 9.17) is 4.74 Å². The molecule has 0 aromatic carbocycles. The summed E-state index contributed by atoms with van der Waals surface area (Å²) in [4.78, 5) is 24.4. The molecule has 0 fully saturated rings. The van der Waals surface area contributed by atoms with Crippen LogP contribution in [0.3, 0.4) is 0 Å². The maximum absolute atomic E-state index is 11.2. The summed E-state index contributed by atoms with van der Waals surface area (Å²) in [5, 5.41) is 0. The van der Waals surface area contributed by atoms with Crippen LogP contribution in [0, 0.1) is 0 Å². The van der Waals surface area contributed by atoms with E-state index in [1.54, 1.807) is 0 Å². The molecule has 5 heteroatoms. The van der Waals surface area contributed by atoms with Crippen LogP contribution in [-0.4, -0.2) is 49.7 Å². The smallest absolute Gasteiger partial charge is 0.331 e. The first-order chi connectivity index (χ1) is 8.63. The van der Waals surface area contributed by atoms with Crippen molar-refractivity contribution >= 4 is 11.9 Å². The van der Waals surface area contributed by atoms with Crippen LogP contribution < -0.4 is 0 Å². The van der Waals surface area contributed by atoms with E-state index in [2.05, 4.69) is 16.2 Å². The molecule has 0 radical (unpaired) electrons. The van der Waals surface area contributed by atoms with E-state index in [9.17, 15) is 9.59 Å². The third-order valence-electron chi connectivity index (χ3n) is 2.25. The minimum absolute atomic E-state index is 0.125. The van der Waals surface area contributed by atoms with E-state index in [1.165, 1.54) is 6.08 Å². The molecule has 0 spiro atoms. The van der Waals surface area contributed by atoms with Gasteiger partial charge in [-0.05, 0) is 13.1 Å². The van der Waals surface area contributed by atoms with E-state index >= 15 is 0 Å². The Labute approximate surface area is 108 Å². The van der Waals surface area contributed by atoms with Crippen molar-refractivity contribution in [2.45, 2.75) is 13.8 Å². The largest absolute Gasteiger partial charge is 0.461 e. The Kier molecular flexibility index (Phi) is 9.58. The lowest BCUT2D eigenvalue weighted by atomic mass is 10.5. The Morgan fingerprint density at radius 1 is 1.11 bits per heavy atom. The Balaban J connectivity index is 3.79. The first kappa shape index (κ1) is 16.4. The van der Waals surface area contributed by atoms with E-state index in [0.29, 0.717) is 13.2 Å². The van der Waals surface area contributed by atoms with Gasteiger partial charge in [0.1, 0.15) is 13.2 Å². The van der Waals surface area contributed by atoms with Crippen molar-refractivity contribution in [2.24, 2.45) is 0 Å². The molecular weight excluding hydrogens is 234 g/mol. The molecule has 0 saturated heterocycles. The molecule has 0 aliphatic rings. The Hall–Kier alpha value is -1.62. The van der Waals surface area contributed by atoms with Crippen LogP contribution in [0.2, 0.25) is 0 Å². The second-order valence-corrected chi connectivity index (χ2v) is 3.45. The van der Waals surface area contributed by atoms with Crippen LogP contribution in [0.5, 0.6) is 0 Å². The highest BCUT2D eigenvalue weighted by molar-refractivity contribution is 5.91. The van der Waals surface area contributed by atoms with Gasteiger partial charge < -0.3 is 14.4 Å². The van der Waals surface area contributed by atoms with Gasteiger partial charge in [-0.1, -0.05) is 26.5 Å². The lowest BCUT2D eigenvalue weighted by Crippen LogP contribution is -2.27. The summed E-state index contributed by atoms with van der Waals surface area (Å²) < 4.78 is 9.59. The average molecular weight is 255 g/mol. The summed E-state index contributed by atoms with van der Waals surface area (Å²) in [5.74, 6) is -1.13. The van der Waals surface area contributed by atoms with E-state index in [1.807, 2.05) is 13.8 Å². The zero-order valence-electron chi connectivity index (χ0n) is 11.1. The van der Waals surface area contributed by atoms with Crippen molar-refractivity contribution in [2.75, 3.05) is 32.8 Å². The van der Waals surface area contributed by atoms with Gasteiger partial charge in [-0.15, -0.1) is 0 Å². The van der Waals surface area contributed by atoms with Crippen molar-refractivity contribution < 1.29 is 19.1 Å². The number of hydrogen-bond donors (Lipinski definition) is 0. The molecule has 0 heterocycles. The molecule has 0 aliphatic carbocycles.